The fourth-order valence-electron chi connectivity index (χ4n) is 5.56. The van der Waals surface area contributed by atoms with Crippen LogP contribution in [0.4, 0.5) is 11.6 Å². The Hall–Kier alpha value is -5.98. The molecule has 1 aliphatic rings. The summed E-state index contributed by atoms with van der Waals surface area (Å²) in [5, 5.41) is 29.2. The molecule has 230 valence electrons. The Morgan fingerprint density at radius 3 is 1.50 bits per heavy atom. The molecular weight excluding hydrogens is 681 g/mol. The summed E-state index contributed by atoms with van der Waals surface area (Å²) >= 11 is 0. The van der Waals surface area contributed by atoms with Crippen molar-refractivity contribution in [3.63, 3.8) is 0 Å². The third-order valence-electron chi connectivity index (χ3n) is 7.73. The van der Waals surface area contributed by atoms with Crippen molar-refractivity contribution in [3.05, 3.63) is 186 Å². The van der Waals surface area contributed by atoms with Gasteiger partial charge in [0.2, 0.25) is 0 Å². The maximum absolute atomic E-state index is 10.4. The van der Waals surface area contributed by atoms with Gasteiger partial charge in [-0.25, -0.2) is 0 Å². The number of rotatable bonds is 2. The summed E-state index contributed by atoms with van der Waals surface area (Å²) in [5.74, 6) is 1.36. The summed E-state index contributed by atoms with van der Waals surface area (Å²) in [5.41, 5.74) is 5.14. The summed E-state index contributed by atoms with van der Waals surface area (Å²) in [4.78, 5) is 16.8. The van der Waals surface area contributed by atoms with Crippen molar-refractivity contribution >= 4 is 55.6 Å². The van der Waals surface area contributed by atoms with E-state index in [0.717, 1.165) is 43.7 Å². The van der Waals surface area contributed by atoms with E-state index in [-0.39, 0.29) is 30.9 Å². The fourth-order valence-corrected chi connectivity index (χ4v) is 5.56. The van der Waals surface area contributed by atoms with Crippen LogP contribution in [0.1, 0.15) is 11.1 Å². The van der Waals surface area contributed by atoms with Gasteiger partial charge in [-0.2, -0.15) is 11.4 Å². The van der Waals surface area contributed by atoms with Gasteiger partial charge in [0.1, 0.15) is 0 Å². The molecule has 0 radical (unpaired) electrons. The van der Waals surface area contributed by atoms with Gasteiger partial charge in [0.25, 0.3) is 0 Å². The van der Waals surface area contributed by atoms with Crippen molar-refractivity contribution in [1.82, 2.24) is 19.9 Å². The summed E-state index contributed by atoms with van der Waals surface area (Å²) in [6, 6.07) is 42.8. The molecule has 0 fully saturated rings. The zero-order valence-electron chi connectivity index (χ0n) is 25.5. The molecule has 8 heteroatoms. The molecule has 48 heavy (non-hydrogen) atoms. The molecule has 0 amide bonds. The van der Waals surface area contributed by atoms with E-state index in [9.17, 15) is 10.8 Å². The normalized spacial score (nSPS) is 11.2. The van der Waals surface area contributed by atoms with Crippen molar-refractivity contribution < 1.29 is 19.5 Å². The molecule has 4 heterocycles. The Morgan fingerprint density at radius 2 is 0.896 bits per heavy atom. The van der Waals surface area contributed by atoms with Gasteiger partial charge >= 0.3 is 19.5 Å². The smallest absolute Gasteiger partial charge is 0.804 e. The SMILES string of the molecule is [N-]=C1C(=[N-])c2c(ccc3ccccc23)-c2ccccc21.[Rh+3].c1ccc([N-]c2ccccn2)nc1.c1cnc2c(c1)ccc1cccnc12. The number of hydrogen-bond acceptors (Lipinski definition) is 4. The summed E-state index contributed by atoms with van der Waals surface area (Å²) in [6.07, 6.45) is 7.02. The minimum atomic E-state index is -0.0514. The molecule has 9 rings (SSSR count). The quantitative estimate of drug-likeness (QED) is 0.132. The van der Waals surface area contributed by atoms with E-state index in [1.165, 1.54) is 0 Å². The zero-order valence-corrected chi connectivity index (χ0v) is 27.1. The van der Waals surface area contributed by atoms with Gasteiger partial charge in [-0.1, -0.05) is 109 Å². The third kappa shape index (κ3) is 6.61. The van der Waals surface area contributed by atoms with E-state index >= 15 is 0 Å². The van der Waals surface area contributed by atoms with Crippen LogP contribution in [0.2, 0.25) is 0 Å². The Kier molecular flexibility index (Phi) is 9.75. The van der Waals surface area contributed by atoms with Gasteiger partial charge in [-0.15, -0.1) is 0 Å². The Labute approximate surface area is 290 Å². The first-order chi connectivity index (χ1) is 23.2. The Balaban J connectivity index is 0.000000128. The fraction of sp³-hybridized carbons (Fsp3) is 0. The van der Waals surface area contributed by atoms with E-state index in [0.29, 0.717) is 22.8 Å². The van der Waals surface area contributed by atoms with Crippen LogP contribution in [0.15, 0.2) is 158 Å². The maximum Gasteiger partial charge on any atom is 3.00 e. The molecular formula is C40H26N7Rh. The molecule has 0 saturated carbocycles. The molecule has 0 aliphatic heterocycles. The molecule has 0 saturated heterocycles. The van der Waals surface area contributed by atoms with Crippen LogP contribution in [-0.4, -0.2) is 31.4 Å². The maximum atomic E-state index is 10.4. The predicted octanol–water partition coefficient (Wildman–Crippen LogP) is 9.83. The van der Waals surface area contributed by atoms with Crippen molar-refractivity contribution in [2.24, 2.45) is 0 Å². The standard InChI is InChI=1S/C18H10N2.C12H8N2.C10H8N3.Rh/c19-17-15-8-4-3-7-13(15)14-10-9-11-5-1-2-6-12(11)16(14)18(17)20;1-3-9-5-6-10-4-2-8-14-12(10)11(9)13-7-1;1-3-7-11-9(5-1)13-10-6-2-4-8-12-10;/h1-10H;1-8H;1-8H;/q-2;;-1;+3. The van der Waals surface area contributed by atoms with Crippen molar-refractivity contribution in [3.8, 4) is 11.1 Å². The van der Waals surface area contributed by atoms with Gasteiger partial charge in [-0.05, 0) is 69.7 Å². The Morgan fingerprint density at radius 1 is 0.396 bits per heavy atom. The van der Waals surface area contributed by atoms with Crippen LogP contribution in [0.25, 0.3) is 59.8 Å². The zero-order chi connectivity index (χ0) is 32.0. The summed E-state index contributed by atoms with van der Waals surface area (Å²) in [6.45, 7) is 0. The van der Waals surface area contributed by atoms with E-state index in [1.807, 2.05) is 109 Å². The number of pyridine rings is 4. The van der Waals surface area contributed by atoms with E-state index in [2.05, 4.69) is 49.5 Å². The molecule has 0 N–H and O–H groups in total. The average molecular weight is 708 g/mol. The predicted molar refractivity (Wildman–Crippen MR) is 193 cm³/mol. The summed E-state index contributed by atoms with van der Waals surface area (Å²) in [7, 11) is 0. The monoisotopic (exact) mass is 707 g/mol. The number of aromatic nitrogens is 4. The number of hydrogen-bond donors (Lipinski definition) is 0. The second-order valence-corrected chi connectivity index (χ2v) is 10.7. The van der Waals surface area contributed by atoms with Crippen LogP contribution in [-0.2, 0) is 19.5 Å². The van der Waals surface area contributed by atoms with E-state index in [1.54, 1.807) is 24.8 Å². The van der Waals surface area contributed by atoms with Crippen molar-refractivity contribution in [1.29, 1.82) is 0 Å². The summed E-state index contributed by atoms with van der Waals surface area (Å²) < 4.78 is 0. The van der Waals surface area contributed by atoms with Gasteiger partial charge in [0, 0.05) is 34.8 Å². The van der Waals surface area contributed by atoms with Crippen LogP contribution >= 0.6 is 0 Å². The molecule has 1 aliphatic carbocycles. The molecule has 4 aromatic carbocycles. The molecule has 0 bridgehead atoms. The van der Waals surface area contributed by atoms with Crippen molar-refractivity contribution in [2.75, 3.05) is 0 Å². The van der Waals surface area contributed by atoms with Gasteiger partial charge in [-0.3, -0.25) is 9.97 Å². The Bertz CT molecular complexity index is 2290. The minimum Gasteiger partial charge on any atom is -0.804 e. The number of fused-ring (bicyclic) bond motifs is 8. The third-order valence-corrected chi connectivity index (χ3v) is 7.73. The van der Waals surface area contributed by atoms with E-state index < -0.39 is 0 Å². The molecule has 8 aromatic rings. The molecule has 0 atom stereocenters. The molecule has 4 aromatic heterocycles. The first kappa shape index (κ1) is 32.0. The van der Waals surface area contributed by atoms with Gasteiger partial charge in [0.15, 0.2) is 0 Å². The first-order valence-corrected chi connectivity index (χ1v) is 15.0. The topological polar surface area (TPSA) is 110 Å². The van der Waals surface area contributed by atoms with Gasteiger partial charge < -0.3 is 26.1 Å². The van der Waals surface area contributed by atoms with Crippen LogP contribution < -0.4 is 0 Å². The second kappa shape index (κ2) is 14.6. The van der Waals surface area contributed by atoms with Crippen LogP contribution in [0, 0.1) is 0 Å². The minimum absolute atomic E-state index is 0. The van der Waals surface area contributed by atoms with Crippen molar-refractivity contribution in [2.45, 2.75) is 0 Å². The molecule has 7 nitrogen and oxygen atoms in total. The second-order valence-electron chi connectivity index (χ2n) is 10.7. The number of nitrogens with zero attached hydrogens (tertiary/aromatic N) is 7. The first-order valence-electron chi connectivity index (χ1n) is 15.0. The number of benzene rings is 4. The largest absolute Gasteiger partial charge is 3.00 e. The van der Waals surface area contributed by atoms with Crippen LogP contribution in [0.5, 0.6) is 0 Å². The average Bonchev–Trinajstić information content (AvgIpc) is 3.15. The van der Waals surface area contributed by atoms with Crippen LogP contribution in [0.3, 0.4) is 0 Å². The van der Waals surface area contributed by atoms with E-state index in [4.69, 9.17) is 0 Å². The molecule has 0 unspecified atom stereocenters. The molecule has 0 spiro atoms. The van der Waals surface area contributed by atoms with Gasteiger partial charge in [0.05, 0.1) is 11.0 Å².